The van der Waals surface area contributed by atoms with Crippen LogP contribution in [-0.4, -0.2) is 44.3 Å². The first-order chi connectivity index (χ1) is 11.9. The highest BCUT2D eigenvalue weighted by molar-refractivity contribution is 7.99. The average molecular weight is 439 g/mol. The Hall–Kier alpha value is -0.990. The number of aliphatic carboxylic acids is 1. The molecule has 2 rings (SSSR count). The number of carbonyl (C=O) groups is 1. The van der Waals surface area contributed by atoms with Gasteiger partial charge in [0, 0.05) is 35.7 Å². The van der Waals surface area contributed by atoms with Crippen molar-refractivity contribution in [2.45, 2.75) is 51.7 Å². The molecule has 0 fully saturated rings. The number of aliphatic hydroxyl groups is 1. The van der Waals surface area contributed by atoms with Crippen LogP contribution >= 0.6 is 36.6 Å². The third-order valence-electron chi connectivity index (χ3n) is 4.46. The molecule has 0 aliphatic rings. The van der Waals surface area contributed by atoms with E-state index in [-0.39, 0.29) is 31.2 Å². The smallest absolute Gasteiger partial charge is 0.337 e. The van der Waals surface area contributed by atoms with E-state index in [9.17, 15) is 15.0 Å². The number of nitrogens with two attached hydrogens (primary N) is 1. The Balaban J connectivity index is 0.00000338. The first kappa shape index (κ1) is 26.0. The van der Waals surface area contributed by atoms with Gasteiger partial charge in [0.2, 0.25) is 0 Å². The van der Waals surface area contributed by atoms with Gasteiger partial charge < -0.3 is 20.4 Å². The van der Waals surface area contributed by atoms with Crippen molar-refractivity contribution in [3.8, 4) is 0 Å². The molecule has 2 aromatic rings. The number of rotatable bonds is 9. The van der Waals surface area contributed by atoms with Crippen molar-refractivity contribution in [3.05, 3.63) is 29.3 Å². The third-order valence-corrected chi connectivity index (χ3v) is 5.46. The number of thioether (sulfide) groups is 1. The zero-order valence-electron chi connectivity index (χ0n) is 15.7. The zero-order chi connectivity index (χ0) is 18.6. The average Bonchev–Trinajstić information content (AvgIpc) is 2.97. The number of carboxylic acid groups (broad SMARTS) is 1. The predicted octanol–water partition coefficient (Wildman–Crippen LogP) is 3.23. The van der Waals surface area contributed by atoms with Gasteiger partial charge in [-0.3, -0.25) is 4.98 Å². The van der Waals surface area contributed by atoms with Crippen LogP contribution in [0.5, 0.6) is 0 Å². The van der Waals surface area contributed by atoms with Crippen LogP contribution < -0.4 is 5.73 Å². The van der Waals surface area contributed by atoms with Gasteiger partial charge in [0.1, 0.15) is 11.3 Å². The SMILES string of the molecule is CCSC[C@H](N)[C@](O)(Cc1nccc2oc(CC)c(CC)c12)C(=O)O.Cl.Cl. The monoisotopic (exact) mass is 438 g/mol. The Morgan fingerprint density at radius 1 is 1.33 bits per heavy atom. The Morgan fingerprint density at radius 3 is 2.52 bits per heavy atom. The number of hydrogen-bond acceptors (Lipinski definition) is 6. The van der Waals surface area contributed by atoms with E-state index in [4.69, 9.17) is 10.2 Å². The van der Waals surface area contributed by atoms with Crippen LogP contribution in [0.15, 0.2) is 16.7 Å². The fraction of sp³-hybridized carbons (Fsp3) is 0.556. The lowest BCUT2D eigenvalue weighted by Gasteiger charge is -2.29. The first-order valence-corrected chi connectivity index (χ1v) is 9.71. The molecule has 27 heavy (non-hydrogen) atoms. The Kier molecular flexibility index (Phi) is 10.7. The van der Waals surface area contributed by atoms with E-state index in [1.807, 2.05) is 20.8 Å². The van der Waals surface area contributed by atoms with E-state index in [0.29, 0.717) is 17.0 Å². The van der Waals surface area contributed by atoms with E-state index in [1.165, 1.54) is 11.8 Å². The molecular weight excluding hydrogens is 411 g/mol. The molecule has 2 heterocycles. The van der Waals surface area contributed by atoms with E-state index in [2.05, 4.69) is 4.98 Å². The molecule has 2 atom stereocenters. The largest absolute Gasteiger partial charge is 0.479 e. The van der Waals surface area contributed by atoms with Crippen molar-refractivity contribution in [3.63, 3.8) is 0 Å². The minimum atomic E-state index is -2.07. The van der Waals surface area contributed by atoms with Gasteiger partial charge >= 0.3 is 5.97 Å². The van der Waals surface area contributed by atoms with Crippen LogP contribution in [0.2, 0.25) is 0 Å². The second-order valence-electron chi connectivity index (χ2n) is 6.01. The highest BCUT2D eigenvalue weighted by atomic mass is 35.5. The molecule has 0 aliphatic carbocycles. The highest BCUT2D eigenvalue weighted by Gasteiger charge is 2.43. The number of nitrogens with zero attached hydrogens (tertiary/aromatic N) is 1. The molecule has 0 saturated heterocycles. The van der Waals surface area contributed by atoms with Crippen molar-refractivity contribution in [2.75, 3.05) is 11.5 Å². The van der Waals surface area contributed by atoms with Crippen LogP contribution in [0, 0.1) is 0 Å². The summed E-state index contributed by atoms with van der Waals surface area (Å²) in [7, 11) is 0. The Labute approximate surface area is 176 Å². The van der Waals surface area contributed by atoms with Crippen molar-refractivity contribution < 1.29 is 19.4 Å². The number of aryl methyl sites for hydroxylation is 2. The van der Waals surface area contributed by atoms with Gasteiger partial charge in [0.15, 0.2) is 5.60 Å². The van der Waals surface area contributed by atoms with Crippen molar-refractivity contribution in [1.29, 1.82) is 0 Å². The Bertz CT molecular complexity index is 756. The summed E-state index contributed by atoms with van der Waals surface area (Å²) >= 11 is 1.50. The molecule has 0 aliphatic heterocycles. The van der Waals surface area contributed by atoms with Gasteiger partial charge in [-0.25, -0.2) is 4.79 Å². The van der Waals surface area contributed by atoms with E-state index in [0.717, 1.165) is 35.3 Å². The van der Waals surface area contributed by atoms with E-state index in [1.54, 1.807) is 12.3 Å². The van der Waals surface area contributed by atoms with Crippen LogP contribution in [0.4, 0.5) is 0 Å². The van der Waals surface area contributed by atoms with Gasteiger partial charge in [-0.2, -0.15) is 11.8 Å². The van der Waals surface area contributed by atoms with Gasteiger partial charge in [0.25, 0.3) is 0 Å². The molecule has 0 spiro atoms. The van der Waals surface area contributed by atoms with Gasteiger partial charge in [-0.15, -0.1) is 24.8 Å². The lowest BCUT2D eigenvalue weighted by Crippen LogP contribution is -2.57. The normalized spacial score (nSPS) is 14.1. The number of aromatic nitrogens is 1. The fourth-order valence-corrected chi connectivity index (χ4v) is 3.79. The molecule has 0 aromatic carbocycles. The number of halogens is 2. The molecule has 0 bridgehead atoms. The Morgan fingerprint density at radius 2 is 2.00 bits per heavy atom. The maximum Gasteiger partial charge on any atom is 0.337 e. The maximum absolute atomic E-state index is 11.8. The summed E-state index contributed by atoms with van der Waals surface area (Å²) in [5, 5.41) is 21.2. The lowest BCUT2D eigenvalue weighted by atomic mass is 9.88. The van der Waals surface area contributed by atoms with Crippen molar-refractivity contribution in [2.24, 2.45) is 5.73 Å². The molecule has 9 heteroatoms. The number of carboxylic acids is 1. The molecule has 0 radical (unpaired) electrons. The lowest BCUT2D eigenvalue weighted by molar-refractivity contribution is -0.160. The van der Waals surface area contributed by atoms with E-state index >= 15 is 0 Å². The zero-order valence-corrected chi connectivity index (χ0v) is 18.2. The molecular formula is C18H28Cl2N2O4S. The van der Waals surface area contributed by atoms with Crippen LogP contribution in [0.3, 0.4) is 0 Å². The highest BCUT2D eigenvalue weighted by Crippen LogP contribution is 2.31. The molecule has 6 nitrogen and oxygen atoms in total. The molecule has 0 unspecified atom stereocenters. The quantitative estimate of drug-likeness (QED) is 0.550. The number of fused-ring (bicyclic) bond motifs is 1. The minimum Gasteiger partial charge on any atom is -0.479 e. The summed E-state index contributed by atoms with van der Waals surface area (Å²) in [5.74, 6) is 0.713. The number of hydrogen-bond donors (Lipinski definition) is 3. The summed E-state index contributed by atoms with van der Waals surface area (Å²) in [6.45, 7) is 5.99. The number of furan rings is 1. The summed E-state index contributed by atoms with van der Waals surface area (Å²) in [4.78, 5) is 16.1. The topological polar surface area (TPSA) is 110 Å². The molecule has 0 saturated carbocycles. The third kappa shape index (κ3) is 5.29. The number of pyridine rings is 1. The summed E-state index contributed by atoms with van der Waals surface area (Å²) in [5.41, 5.74) is 6.16. The minimum absolute atomic E-state index is 0. The van der Waals surface area contributed by atoms with Crippen molar-refractivity contribution >= 4 is 53.5 Å². The molecule has 0 amide bonds. The van der Waals surface area contributed by atoms with Gasteiger partial charge in [-0.1, -0.05) is 20.8 Å². The van der Waals surface area contributed by atoms with Crippen molar-refractivity contribution in [1.82, 2.24) is 4.98 Å². The molecule has 2 aromatic heterocycles. The summed E-state index contributed by atoms with van der Waals surface area (Å²) < 4.78 is 5.88. The maximum atomic E-state index is 11.8. The second kappa shape index (κ2) is 11.1. The fourth-order valence-electron chi connectivity index (χ4n) is 3.02. The summed E-state index contributed by atoms with van der Waals surface area (Å²) in [6, 6.07) is 0.874. The van der Waals surface area contributed by atoms with Crippen LogP contribution in [-0.2, 0) is 24.1 Å². The standard InChI is InChI=1S/C18H26N2O4S.2ClH/c1-4-11-13(5-2)24-14-7-8-20-12(16(11)14)9-18(23,17(21)22)15(19)10-25-6-3;;/h7-8,15,23H,4-6,9-10,19H2,1-3H3,(H,21,22);2*1H/t15-,18+;;/m0../s1. The van der Waals surface area contributed by atoms with Gasteiger partial charge in [0.05, 0.1) is 11.7 Å². The van der Waals surface area contributed by atoms with Gasteiger partial charge in [-0.05, 0) is 18.2 Å². The van der Waals surface area contributed by atoms with E-state index < -0.39 is 17.6 Å². The molecule has 154 valence electrons. The predicted molar refractivity (Wildman–Crippen MR) is 115 cm³/mol. The first-order valence-electron chi connectivity index (χ1n) is 8.56. The second-order valence-corrected chi connectivity index (χ2v) is 7.33. The molecule has 4 N–H and O–H groups in total. The van der Waals surface area contributed by atoms with Crippen LogP contribution in [0.25, 0.3) is 11.0 Å². The summed E-state index contributed by atoms with van der Waals surface area (Å²) in [6.07, 6.45) is 2.92. The van der Waals surface area contributed by atoms with Crippen LogP contribution in [0.1, 0.15) is 37.8 Å².